The first-order valence-electron chi connectivity index (χ1n) is 16.7. The summed E-state index contributed by atoms with van der Waals surface area (Å²) in [5, 5.41) is 12.0. The van der Waals surface area contributed by atoms with E-state index in [1.807, 2.05) is 56.9 Å². The number of hydrogen-bond donors (Lipinski definition) is 1. The number of benzene rings is 1. The Labute approximate surface area is 279 Å². The van der Waals surface area contributed by atoms with E-state index in [2.05, 4.69) is 4.98 Å². The maximum absolute atomic E-state index is 13.6. The van der Waals surface area contributed by atoms with Gasteiger partial charge in [-0.1, -0.05) is 30.7 Å². The van der Waals surface area contributed by atoms with Crippen LogP contribution in [0.3, 0.4) is 0 Å². The van der Waals surface area contributed by atoms with Crippen LogP contribution in [-0.4, -0.2) is 84.6 Å². The lowest BCUT2D eigenvalue weighted by Gasteiger charge is -2.40. The predicted molar refractivity (Wildman–Crippen MR) is 177 cm³/mol. The minimum atomic E-state index is -1.11. The number of nitrogens with zero attached hydrogens (tertiary/aromatic N) is 5. The molecule has 12 heteroatoms. The monoisotopic (exact) mass is 665 g/mol. The Balaban J connectivity index is 1.09. The first kappa shape index (κ1) is 32.2. The normalized spacial score (nSPS) is 24.0. The van der Waals surface area contributed by atoms with Crippen molar-refractivity contribution < 1.29 is 24.2 Å². The summed E-state index contributed by atoms with van der Waals surface area (Å²) in [5.41, 5.74) is -0.213. The molecule has 4 aliphatic rings. The number of halogens is 1. The van der Waals surface area contributed by atoms with Crippen molar-refractivity contribution in [2.45, 2.75) is 96.1 Å². The van der Waals surface area contributed by atoms with E-state index in [9.17, 15) is 19.5 Å². The lowest BCUT2D eigenvalue weighted by atomic mass is 9.90. The number of morpholine rings is 1. The van der Waals surface area contributed by atoms with Gasteiger partial charge in [0.2, 0.25) is 5.91 Å². The van der Waals surface area contributed by atoms with Crippen molar-refractivity contribution in [3.8, 4) is 5.69 Å². The van der Waals surface area contributed by atoms with Crippen molar-refractivity contribution in [1.29, 1.82) is 0 Å². The zero-order chi connectivity index (χ0) is 33.3. The van der Waals surface area contributed by atoms with Crippen molar-refractivity contribution >= 4 is 34.6 Å². The van der Waals surface area contributed by atoms with Crippen LogP contribution in [0, 0.1) is 11.3 Å². The van der Waals surface area contributed by atoms with Crippen molar-refractivity contribution in [3.63, 3.8) is 0 Å². The minimum Gasteiger partial charge on any atom is -0.444 e. The van der Waals surface area contributed by atoms with Gasteiger partial charge in [0.25, 0.3) is 5.56 Å². The molecule has 3 aromatic rings. The average molecular weight is 666 g/mol. The van der Waals surface area contributed by atoms with Gasteiger partial charge in [-0.25, -0.2) is 9.78 Å². The van der Waals surface area contributed by atoms with Gasteiger partial charge in [0.15, 0.2) is 5.65 Å². The number of ether oxygens (including phenoxy) is 2. The molecule has 2 atom stereocenters. The lowest BCUT2D eigenvalue weighted by molar-refractivity contribution is -0.141. The highest BCUT2D eigenvalue weighted by molar-refractivity contribution is 6.31. The van der Waals surface area contributed by atoms with Gasteiger partial charge < -0.3 is 19.5 Å². The van der Waals surface area contributed by atoms with E-state index in [1.165, 1.54) is 10.9 Å². The Kier molecular flexibility index (Phi) is 7.96. The summed E-state index contributed by atoms with van der Waals surface area (Å²) in [5.74, 6) is 0.658. The molecule has 252 valence electrons. The van der Waals surface area contributed by atoms with Crippen LogP contribution in [0.25, 0.3) is 16.7 Å². The standard InChI is InChI=1S/C35H44ClN5O6/c1-33(2,3)47-32(44)40-18-27(23-5-6-23)46-19-26(40)22-7-9-24(10-8-22)41-28(36)17-25-29(41)37-21-39(30(25)42)20-35(45)13-15-38(16-14-35)31(43)34(4)11-12-34/h7-10,17,21,23,26-27,45H,5-6,11-16,18-20H2,1-4H3/t26-,27+/m0/s1. The topological polar surface area (TPSA) is 119 Å². The van der Waals surface area contributed by atoms with Gasteiger partial charge in [-0.3, -0.25) is 23.6 Å². The van der Waals surface area contributed by atoms with Crippen LogP contribution in [0.5, 0.6) is 0 Å². The molecule has 2 amide bonds. The molecule has 2 saturated carbocycles. The van der Waals surface area contributed by atoms with Crippen LogP contribution in [-0.2, 0) is 20.8 Å². The van der Waals surface area contributed by atoms with Crippen molar-refractivity contribution in [3.05, 3.63) is 57.7 Å². The molecule has 1 aromatic carbocycles. The quantitative estimate of drug-likeness (QED) is 0.390. The van der Waals surface area contributed by atoms with E-state index in [4.69, 9.17) is 21.1 Å². The number of amides is 2. The molecule has 47 heavy (non-hydrogen) atoms. The van der Waals surface area contributed by atoms with Gasteiger partial charge in [-0.2, -0.15) is 0 Å². The highest BCUT2D eigenvalue weighted by Crippen LogP contribution is 2.47. The highest BCUT2D eigenvalue weighted by atomic mass is 35.5. The molecule has 7 rings (SSSR count). The molecular weight excluding hydrogens is 622 g/mol. The van der Waals surface area contributed by atoms with Crippen LogP contribution in [0.15, 0.2) is 41.5 Å². The third-order valence-electron chi connectivity index (χ3n) is 10.2. The van der Waals surface area contributed by atoms with Crippen LogP contribution in [0.2, 0.25) is 5.15 Å². The summed E-state index contributed by atoms with van der Waals surface area (Å²) in [7, 11) is 0. The fourth-order valence-corrected chi connectivity index (χ4v) is 7.19. The fraction of sp³-hybridized carbons (Fsp3) is 0.600. The summed E-state index contributed by atoms with van der Waals surface area (Å²) < 4.78 is 15.1. The number of rotatable bonds is 6. The largest absolute Gasteiger partial charge is 0.444 e. The van der Waals surface area contributed by atoms with Crippen molar-refractivity contribution in [2.24, 2.45) is 11.3 Å². The molecule has 4 fully saturated rings. The number of carbonyl (C=O) groups is 2. The maximum Gasteiger partial charge on any atom is 0.410 e. The number of fused-ring (bicyclic) bond motifs is 1. The van der Waals surface area contributed by atoms with E-state index in [1.54, 1.807) is 15.5 Å². The molecule has 1 N–H and O–H groups in total. The van der Waals surface area contributed by atoms with Gasteiger partial charge >= 0.3 is 6.09 Å². The van der Waals surface area contributed by atoms with E-state index < -0.39 is 11.2 Å². The van der Waals surface area contributed by atoms with Gasteiger partial charge in [0.1, 0.15) is 17.1 Å². The molecular formula is C35H44ClN5O6. The van der Waals surface area contributed by atoms with Crippen LogP contribution < -0.4 is 5.56 Å². The Morgan fingerprint density at radius 2 is 1.79 bits per heavy atom. The molecule has 0 spiro atoms. The second-order valence-corrected chi connectivity index (χ2v) is 15.6. The van der Waals surface area contributed by atoms with Gasteiger partial charge in [-0.05, 0) is 89.0 Å². The molecule has 11 nitrogen and oxygen atoms in total. The van der Waals surface area contributed by atoms with Gasteiger partial charge in [0, 0.05) is 24.2 Å². The van der Waals surface area contributed by atoms with E-state index >= 15 is 0 Å². The lowest BCUT2D eigenvalue weighted by Crippen LogP contribution is -2.51. The van der Waals surface area contributed by atoms with Crippen molar-refractivity contribution in [2.75, 3.05) is 26.2 Å². The summed E-state index contributed by atoms with van der Waals surface area (Å²) in [4.78, 5) is 47.9. The number of likely N-dealkylation sites (tertiary alicyclic amines) is 1. The zero-order valence-electron chi connectivity index (χ0n) is 27.6. The van der Waals surface area contributed by atoms with E-state index in [0.717, 1.165) is 36.9 Å². The van der Waals surface area contributed by atoms with Gasteiger partial charge in [-0.15, -0.1) is 0 Å². The Morgan fingerprint density at radius 1 is 1.11 bits per heavy atom. The average Bonchev–Trinajstić information content (AvgIpc) is 3.97. The number of hydrogen-bond acceptors (Lipinski definition) is 7. The minimum absolute atomic E-state index is 0.0202. The highest BCUT2D eigenvalue weighted by Gasteiger charge is 2.48. The van der Waals surface area contributed by atoms with E-state index in [0.29, 0.717) is 61.2 Å². The molecule has 2 saturated heterocycles. The zero-order valence-corrected chi connectivity index (χ0v) is 28.3. The predicted octanol–water partition coefficient (Wildman–Crippen LogP) is 5.08. The fourth-order valence-electron chi connectivity index (χ4n) is 6.90. The van der Waals surface area contributed by atoms with Crippen LogP contribution >= 0.6 is 11.6 Å². The number of piperidine rings is 1. The molecule has 4 heterocycles. The Morgan fingerprint density at radius 3 is 2.40 bits per heavy atom. The number of carbonyl (C=O) groups excluding carboxylic acids is 2. The summed E-state index contributed by atoms with van der Waals surface area (Å²) >= 11 is 6.70. The molecule has 2 aliphatic heterocycles. The molecule has 2 aliphatic carbocycles. The smallest absolute Gasteiger partial charge is 0.410 e. The Bertz CT molecular complexity index is 1740. The first-order valence-corrected chi connectivity index (χ1v) is 17.1. The number of aromatic nitrogens is 3. The molecule has 0 radical (unpaired) electrons. The first-order chi connectivity index (χ1) is 22.2. The summed E-state index contributed by atoms with van der Waals surface area (Å²) in [6.45, 7) is 9.50. The summed E-state index contributed by atoms with van der Waals surface area (Å²) in [6, 6.07) is 8.98. The summed E-state index contributed by atoms with van der Waals surface area (Å²) in [6.07, 6.45) is 6.00. The molecule has 2 aromatic heterocycles. The maximum atomic E-state index is 13.6. The second kappa shape index (κ2) is 11.6. The van der Waals surface area contributed by atoms with E-state index in [-0.39, 0.29) is 41.7 Å². The SMILES string of the molecule is CC(C)(C)OC(=O)N1C[C@H](C2CC2)OC[C@H]1c1ccc(-n2c(Cl)cc3c(=O)n(CC4(O)CCN(C(=O)C5(C)CC5)CC4)cnc32)cc1. The molecule has 0 unspecified atom stereocenters. The third-order valence-corrected chi connectivity index (χ3v) is 10.5. The van der Waals surface area contributed by atoms with Crippen LogP contribution in [0.4, 0.5) is 4.79 Å². The van der Waals surface area contributed by atoms with Crippen molar-refractivity contribution in [1.82, 2.24) is 23.9 Å². The molecule has 0 bridgehead atoms. The van der Waals surface area contributed by atoms with Crippen LogP contribution in [0.1, 0.15) is 77.8 Å². The number of aliphatic hydroxyl groups is 1. The third kappa shape index (κ3) is 6.41. The second-order valence-electron chi connectivity index (χ2n) is 15.2. The van der Waals surface area contributed by atoms with Gasteiger partial charge in [0.05, 0.1) is 42.8 Å². The Hall–Kier alpha value is -3.41.